The lowest BCUT2D eigenvalue weighted by Crippen LogP contribution is -2.24. The molecule has 0 spiro atoms. The van der Waals surface area contributed by atoms with E-state index in [4.69, 9.17) is 0 Å². The average Bonchev–Trinajstić information content (AvgIpc) is 2.88. The topological polar surface area (TPSA) is 57.8 Å². The number of rotatable bonds is 4. The second kappa shape index (κ2) is 5.79. The second-order valence-electron chi connectivity index (χ2n) is 5.18. The number of fused-ring (bicyclic) bond motifs is 1. The van der Waals surface area contributed by atoms with Crippen LogP contribution in [0.5, 0.6) is 0 Å². The minimum Gasteiger partial charge on any atom is -0.361 e. The lowest BCUT2D eigenvalue weighted by atomic mass is 10.1. The number of hydrogen-bond acceptors (Lipinski definition) is 2. The molecule has 0 saturated heterocycles. The second-order valence-corrected chi connectivity index (χ2v) is 5.18. The SMILES string of the molecule is Cc1ccc2c(CC(=O)NCc3cccnc3)c[nH]c2c1. The molecule has 2 aromatic heterocycles. The molecule has 0 aliphatic rings. The third-order valence-electron chi connectivity index (χ3n) is 3.49. The highest BCUT2D eigenvalue weighted by molar-refractivity contribution is 5.89. The Morgan fingerprint density at radius 2 is 2.24 bits per heavy atom. The van der Waals surface area contributed by atoms with Crippen LogP contribution >= 0.6 is 0 Å². The number of amides is 1. The number of hydrogen-bond donors (Lipinski definition) is 2. The van der Waals surface area contributed by atoms with Gasteiger partial charge in [0.1, 0.15) is 0 Å². The van der Waals surface area contributed by atoms with Crippen LogP contribution in [0.3, 0.4) is 0 Å². The summed E-state index contributed by atoms with van der Waals surface area (Å²) in [7, 11) is 0. The van der Waals surface area contributed by atoms with Crippen molar-refractivity contribution in [1.82, 2.24) is 15.3 Å². The smallest absolute Gasteiger partial charge is 0.224 e. The van der Waals surface area contributed by atoms with Crippen LogP contribution in [-0.4, -0.2) is 15.9 Å². The van der Waals surface area contributed by atoms with Gasteiger partial charge in [-0.15, -0.1) is 0 Å². The van der Waals surface area contributed by atoms with Crippen molar-refractivity contribution in [3.05, 3.63) is 65.6 Å². The number of benzene rings is 1. The maximum atomic E-state index is 12.0. The molecule has 0 radical (unpaired) electrons. The number of aryl methyl sites for hydroxylation is 1. The third kappa shape index (κ3) is 3.11. The normalized spacial score (nSPS) is 10.7. The van der Waals surface area contributed by atoms with Crippen molar-refractivity contribution in [2.45, 2.75) is 19.9 Å². The molecule has 0 saturated carbocycles. The largest absolute Gasteiger partial charge is 0.361 e. The molecule has 1 aromatic carbocycles. The summed E-state index contributed by atoms with van der Waals surface area (Å²) in [5, 5.41) is 4.03. The first-order chi connectivity index (χ1) is 10.2. The van der Waals surface area contributed by atoms with E-state index in [9.17, 15) is 4.79 Å². The van der Waals surface area contributed by atoms with E-state index in [1.54, 1.807) is 12.4 Å². The zero-order valence-electron chi connectivity index (χ0n) is 11.9. The van der Waals surface area contributed by atoms with Crippen LogP contribution in [-0.2, 0) is 17.8 Å². The molecule has 3 aromatic rings. The maximum absolute atomic E-state index is 12.0. The summed E-state index contributed by atoms with van der Waals surface area (Å²) in [5.74, 6) is 0.0142. The van der Waals surface area contributed by atoms with Crippen molar-refractivity contribution in [3.8, 4) is 0 Å². The van der Waals surface area contributed by atoms with Gasteiger partial charge in [-0.2, -0.15) is 0 Å². The van der Waals surface area contributed by atoms with Crippen LogP contribution in [0.4, 0.5) is 0 Å². The Labute approximate surface area is 123 Å². The summed E-state index contributed by atoms with van der Waals surface area (Å²) >= 11 is 0. The van der Waals surface area contributed by atoms with Crippen LogP contribution in [0.1, 0.15) is 16.7 Å². The van der Waals surface area contributed by atoms with Gasteiger partial charge in [-0.25, -0.2) is 0 Å². The van der Waals surface area contributed by atoms with Crippen molar-refractivity contribution < 1.29 is 4.79 Å². The van der Waals surface area contributed by atoms with Gasteiger partial charge in [0.2, 0.25) is 5.91 Å². The molecule has 4 nitrogen and oxygen atoms in total. The Bertz CT molecular complexity index is 762. The van der Waals surface area contributed by atoms with Gasteiger partial charge in [0.25, 0.3) is 0 Å². The van der Waals surface area contributed by atoms with E-state index in [0.29, 0.717) is 13.0 Å². The van der Waals surface area contributed by atoms with Crippen molar-refractivity contribution in [3.63, 3.8) is 0 Å². The predicted octanol–water partition coefficient (Wildman–Crippen LogP) is 2.73. The molecule has 0 aliphatic heterocycles. The zero-order chi connectivity index (χ0) is 14.7. The molecule has 0 fully saturated rings. The number of nitrogens with zero attached hydrogens (tertiary/aromatic N) is 1. The van der Waals surface area contributed by atoms with Crippen molar-refractivity contribution in [2.24, 2.45) is 0 Å². The van der Waals surface area contributed by atoms with Gasteiger partial charge in [-0.3, -0.25) is 9.78 Å². The van der Waals surface area contributed by atoms with Gasteiger partial charge in [0.05, 0.1) is 6.42 Å². The highest BCUT2D eigenvalue weighted by atomic mass is 16.1. The first-order valence-corrected chi connectivity index (χ1v) is 6.94. The van der Waals surface area contributed by atoms with E-state index in [1.165, 1.54) is 5.56 Å². The Balaban J connectivity index is 1.66. The molecule has 106 valence electrons. The number of carbonyl (C=O) groups excluding carboxylic acids is 1. The van der Waals surface area contributed by atoms with E-state index in [-0.39, 0.29) is 5.91 Å². The summed E-state index contributed by atoms with van der Waals surface area (Å²) in [6.45, 7) is 2.56. The van der Waals surface area contributed by atoms with E-state index in [1.807, 2.05) is 18.3 Å². The van der Waals surface area contributed by atoms with Crippen LogP contribution in [0.25, 0.3) is 10.9 Å². The maximum Gasteiger partial charge on any atom is 0.224 e. The van der Waals surface area contributed by atoms with Gasteiger partial charge in [0, 0.05) is 36.0 Å². The summed E-state index contributed by atoms with van der Waals surface area (Å²) in [6, 6.07) is 10.0. The van der Waals surface area contributed by atoms with Gasteiger partial charge in [-0.1, -0.05) is 18.2 Å². The fourth-order valence-corrected chi connectivity index (χ4v) is 2.39. The molecule has 0 bridgehead atoms. The monoisotopic (exact) mass is 279 g/mol. The van der Waals surface area contributed by atoms with Crippen molar-refractivity contribution in [1.29, 1.82) is 0 Å². The molecule has 1 amide bonds. The van der Waals surface area contributed by atoms with Crippen molar-refractivity contribution >= 4 is 16.8 Å². The quantitative estimate of drug-likeness (QED) is 0.771. The van der Waals surface area contributed by atoms with E-state index < -0.39 is 0 Å². The minimum atomic E-state index is 0.0142. The van der Waals surface area contributed by atoms with E-state index in [2.05, 4.69) is 40.4 Å². The Hall–Kier alpha value is -2.62. The highest BCUT2D eigenvalue weighted by Crippen LogP contribution is 2.19. The minimum absolute atomic E-state index is 0.0142. The van der Waals surface area contributed by atoms with Gasteiger partial charge in [0.15, 0.2) is 0 Å². The molecular formula is C17H17N3O. The molecule has 3 rings (SSSR count). The summed E-state index contributed by atoms with van der Waals surface area (Å²) in [5.41, 5.74) is 4.30. The molecule has 4 heteroatoms. The Kier molecular flexibility index (Phi) is 3.69. The molecule has 21 heavy (non-hydrogen) atoms. The lowest BCUT2D eigenvalue weighted by Gasteiger charge is -2.04. The lowest BCUT2D eigenvalue weighted by molar-refractivity contribution is -0.120. The fourth-order valence-electron chi connectivity index (χ4n) is 2.39. The fraction of sp³-hybridized carbons (Fsp3) is 0.176. The first-order valence-electron chi connectivity index (χ1n) is 6.94. The standard InChI is InChI=1S/C17H17N3O/c1-12-4-5-15-14(11-19-16(15)7-12)8-17(21)20-10-13-3-2-6-18-9-13/h2-7,9,11,19H,8,10H2,1H3,(H,20,21). The summed E-state index contributed by atoms with van der Waals surface area (Å²) in [6.07, 6.45) is 5.77. The summed E-state index contributed by atoms with van der Waals surface area (Å²) in [4.78, 5) is 19.3. The average molecular weight is 279 g/mol. The highest BCUT2D eigenvalue weighted by Gasteiger charge is 2.08. The van der Waals surface area contributed by atoms with E-state index >= 15 is 0 Å². The molecule has 0 aliphatic carbocycles. The molecule has 0 atom stereocenters. The summed E-state index contributed by atoms with van der Waals surface area (Å²) < 4.78 is 0. The number of aromatic nitrogens is 2. The molecule has 0 unspecified atom stereocenters. The number of pyridine rings is 1. The molecular weight excluding hydrogens is 262 g/mol. The molecule has 2 N–H and O–H groups in total. The number of H-pyrrole nitrogens is 1. The number of nitrogens with one attached hydrogen (secondary N) is 2. The van der Waals surface area contributed by atoms with Crippen LogP contribution < -0.4 is 5.32 Å². The van der Waals surface area contributed by atoms with Gasteiger partial charge in [-0.05, 0) is 35.7 Å². The van der Waals surface area contributed by atoms with Gasteiger partial charge < -0.3 is 10.3 Å². The zero-order valence-corrected chi connectivity index (χ0v) is 11.9. The predicted molar refractivity (Wildman–Crippen MR) is 82.8 cm³/mol. The van der Waals surface area contributed by atoms with Crippen LogP contribution in [0.15, 0.2) is 48.9 Å². The van der Waals surface area contributed by atoms with Crippen molar-refractivity contribution in [2.75, 3.05) is 0 Å². The Morgan fingerprint density at radius 1 is 1.33 bits per heavy atom. The molecule has 2 heterocycles. The Morgan fingerprint density at radius 3 is 3.05 bits per heavy atom. The van der Waals surface area contributed by atoms with Crippen LogP contribution in [0.2, 0.25) is 0 Å². The number of carbonyl (C=O) groups is 1. The first kappa shape index (κ1) is 13.4. The van der Waals surface area contributed by atoms with Gasteiger partial charge >= 0.3 is 0 Å². The number of aromatic amines is 1. The van der Waals surface area contributed by atoms with E-state index in [0.717, 1.165) is 22.0 Å². The van der Waals surface area contributed by atoms with Crippen LogP contribution in [0, 0.1) is 6.92 Å². The third-order valence-corrected chi connectivity index (χ3v) is 3.49.